The van der Waals surface area contributed by atoms with Gasteiger partial charge in [-0.1, -0.05) is 19.1 Å². The Labute approximate surface area is 176 Å². The lowest BCUT2D eigenvalue weighted by molar-refractivity contribution is 0.0643. The van der Waals surface area contributed by atoms with Crippen LogP contribution in [0.5, 0.6) is 0 Å². The maximum Gasteiger partial charge on any atom is 0.289 e. The number of rotatable bonds is 4. The van der Waals surface area contributed by atoms with Crippen molar-refractivity contribution in [2.24, 2.45) is 0 Å². The van der Waals surface area contributed by atoms with Crippen LogP contribution in [-0.4, -0.2) is 35.6 Å². The topological polar surface area (TPSA) is 59.6 Å². The summed E-state index contributed by atoms with van der Waals surface area (Å²) in [5.41, 5.74) is 4.38. The number of benzene rings is 1. The lowest BCUT2D eigenvalue weighted by atomic mass is 9.82. The second-order valence-corrected chi connectivity index (χ2v) is 8.13. The molecule has 1 N–H and O–H groups in total. The molecule has 1 aromatic carbocycles. The molecule has 1 fully saturated rings. The molecule has 1 amide bonds. The molecular formula is C24H27N3O3. The van der Waals surface area contributed by atoms with E-state index < -0.39 is 0 Å². The second-order valence-electron chi connectivity index (χ2n) is 8.13. The number of aryl methyl sites for hydroxylation is 1. The van der Waals surface area contributed by atoms with Gasteiger partial charge < -0.3 is 23.9 Å². The standard InChI is InChI=1S/C24H27N3O3/c1-3-20-17(16-29-2)15-21(30-20)23(28)26-13-10-24(11-14-26)22-9-6-12-27(22)19-8-5-4-7-18(19)25-24/h4-9,12,15,25H,3,10-11,13-14,16H2,1-2H3. The number of carbonyl (C=O) groups is 1. The summed E-state index contributed by atoms with van der Waals surface area (Å²) in [4.78, 5) is 15.0. The smallest absolute Gasteiger partial charge is 0.289 e. The molecule has 0 saturated carbocycles. The Balaban J connectivity index is 1.37. The molecule has 2 aromatic heterocycles. The minimum absolute atomic E-state index is 0.0338. The Morgan fingerprint density at radius 3 is 2.77 bits per heavy atom. The van der Waals surface area contributed by atoms with Crippen LogP contribution in [0.1, 0.15) is 47.3 Å². The van der Waals surface area contributed by atoms with Gasteiger partial charge in [-0.15, -0.1) is 0 Å². The lowest BCUT2D eigenvalue weighted by Crippen LogP contribution is -2.51. The van der Waals surface area contributed by atoms with E-state index >= 15 is 0 Å². The fourth-order valence-electron chi connectivity index (χ4n) is 4.87. The highest BCUT2D eigenvalue weighted by Gasteiger charge is 2.42. The summed E-state index contributed by atoms with van der Waals surface area (Å²) in [5, 5.41) is 3.79. The van der Waals surface area contributed by atoms with E-state index in [9.17, 15) is 4.79 Å². The zero-order chi connectivity index (χ0) is 20.7. The Bertz CT molecular complexity index is 1070. The highest BCUT2D eigenvalue weighted by Crippen LogP contribution is 2.43. The van der Waals surface area contributed by atoms with Crippen molar-refractivity contribution in [2.75, 3.05) is 25.5 Å². The fourth-order valence-corrected chi connectivity index (χ4v) is 4.87. The third-order valence-electron chi connectivity index (χ3n) is 6.41. The molecule has 0 aliphatic carbocycles. The number of nitrogens with zero attached hydrogens (tertiary/aromatic N) is 2. The van der Waals surface area contributed by atoms with E-state index in [2.05, 4.69) is 52.5 Å². The molecule has 6 heteroatoms. The van der Waals surface area contributed by atoms with Gasteiger partial charge in [0.15, 0.2) is 5.76 Å². The van der Waals surface area contributed by atoms with Crippen molar-refractivity contribution >= 4 is 11.6 Å². The van der Waals surface area contributed by atoms with Crippen molar-refractivity contribution < 1.29 is 13.9 Å². The van der Waals surface area contributed by atoms with Gasteiger partial charge in [-0.2, -0.15) is 0 Å². The van der Waals surface area contributed by atoms with Gasteiger partial charge in [0, 0.05) is 44.1 Å². The molecule has 0 bridgehead atoms. The number of furan rings is 1. The number of aromatic nitrogens is 1. The molecule has 30 heavy (non-hydrogen) atoms. The molecule has 5 rings (SSSR count). The van der Waals surface area contributed by atoms with Crippen molar-refractivity contribution in [3.63, 3.8) is 0 Å². The van der Waals surface area contributed by atoms with Gasteiger partial charge in [-0.05, 0) is 43.2 Å². The number of likely N-dealkylation sites (tertiary alicyclic amines) is 1. The van der Waals surface area contributed by atoms with Gasteiger partial charge >= 0.3 is 0 Å². The molecule has 1 spiro atoms. The number of ether oxygens (including phenoxy) is 1. The largest absolute Gasteiger partial charge is 0.456 e. The van der Waals surface area contributed by atoms with Crippen LogP contribution in [-0.2, 0) is 23.3 Å². The Morgan fingerprint density at radius 1 is 1.20 bits per heavy atom. The summed E-state index contributed by atoms with van der Waals surface area (Å²) in [6.45, 7) is 3.85. The molecule has 1 saturated heterocycles. The van der Waals surface area contributed by atoms with E-state index in [4.69, 9.17) is 9.15 Å². The summed E-state index contributed by atoms with van der Waals surface area (Å²) in [6.07, 6.45) is 4.57. The van der Waals surface area contributed by atoms with Crippen LogP contribution in [0.15, 0.2) is 53.1 Å². The highest BCUT2D eigenvalue weighted by molar-refractivity contribution is 5.92. The Hall–Kier alpha value is -2.99. The number of methoxy groups -OCH3 is 1. The van der Waals surface area contributed by atoms with Crippen LogP contribution in [0.3, 0.4) is 0 Å². The maximum atomic E-state index is 13.1. The predicted octanol–water partition coefficient (Wildman–Crippen LogP) is 4.34. The monoisotopic (exact) mass is 405 g/mol. The predicted molar refractivity (Wildman–Crippen MR) is 115 cm³/mol. The number of anilines is 1. The van der Waals surface area contributed by atoms with Gasteiger partial charge in [-0.3, -0.25) is 4.79 Å². The zero-order valence-electron chi connectivity index (χ0n) is 17.5. The van der Waals surface area contributed by atoms with Gasteiger partial charge in [0.2, 0.25) is 0 Å². The van der Waals surface area contributed by atoms with Crippen LogP contribution >= 0.6 is 0 Å². The van der Waals surface area contributed by atoms with Crippen molar-refractivity contribution in [3.8, 4) is 5.69 Å². The van der Waals surface area contributed by atoms with E-state index in [1.165, 1.54) is 11.4 Å². The molecule has 156 valence electrons. The number of piperidine rings is 1. The van der Waals surface area contributed by atoms with Crippen molar-refractivity contribution in [1.82, 2.24) is 9.47 Å². The number of amides is 1. The molecule has 0 atom stereocenters. The summed E-state index contributed by atoms with van der Waals surface area (Å²) in [7, 11) is 1.66. The number of hydrogen-bond acceptors (Lipinski definition) is 4. The van der Waals surface area contributed by atoms with E-state index in [0.717, 1.165) is 36.3 Å². The number of nitrogens with one attached hydrogen (secondary N) is 1. The minimum atomic E-state index is -0.159. The van der Waals surface area contributed by atoms with E-state index in [1.807, 2.05) is 17.9 Å². The normalized spacial score (nSPS) is 16.8. The van der Waals surface area contributed by atoms with Crippen LogP contribution in [0.4, 0.5) is 5.69 Å². The first-order valence-corrected chi connectivity index (χ1v) is 10.6. The van der Waals surface area contributed by atoms with E-state index in [-0.39, 0.29) is 11.4 Å². The number of carbonyl (C=O) groups excluding carboxylic acids is 1. The van der Waals surface area contributed by atoms with Gasteiger partial charge in [0.1, 0.15) is 5.76 Å². The molecule has 2 aliphatic rings. The van der Waals surface area contributed by atoms with Gasteiger partial charge in [-0.25, -0.2) is 0 Å². The van der Waals surface area contributed by atoms with Gasteiger partial charge in [0.05, 0.1) is 23.5 Å². The van der Waals surface area contributed by atoms with Crippen LogP contribution in [0, 0.1) is 0 Å². The SMILES string of the molecule is CCc1oc(C(=O)N2CCC3(CC2)Nc2ccccc2-n2cccc23)cc1COC. The van der Waals surface area contributed by atoms with Gasteiger partial charge in [0.25, 0.3) is 5.91 Å². The van der Waals surface area contributed by atoms with E-state index in [1.54, 1.807) is 7.11 Å². The first kappa shape index (κ1) is 19.0. The molecule has 2 aliphatic heterocycles. The molecule has 4 heterocycles. The zero-order valence-corrected chi connectivity index (χ0v) is 17.5. The average Bonchev–Trinajstić information content (AvgIpc) is 3.42. The van der Waals surface area contributed by atoms with Crippen molar-refractivity contribution in [3.05, 3.63) is 71.4 Å². The summed E-state index contributed by atoms with van der Waals surface area (Å²) >= 11 is 0. The molecule has 6 nitrogen and oxygen atoms in total. The first-order chi connectivity index (χ1) is 14.6. The first-order valence-electron chi connectivity index (χ1n) is 10.6. The molecular weight excluding hydrogens is 378 g/mol. The number of hydrogen-bond donors (Lipinski definition) is 1. The van der Waals surface area contributed by atoms with Crippen LogP contribution in [0.25, 0.3) is 5.69 Å². The van der Waals surface area contributed by atoms with Crippen molar-refractivity contribution in [2.45, 2.75) is 38.3 Å². The molecule has 0 radical (unpaired) electrons. The van der Waals surface area contributed by atoms with Crippen LogP contribution in [0.2, 0.25) is 0 Å². The number of fused-ring (bicyclic) bond motifs is 4. The quantitative estimate of drug-likeness (QED) is 0.702. The minimum Gasteiger partial charge on any atom is -0.456 e. The highest BCUT2D eigenvalue weighted by atomic mass is 16.5. The summed E-state index contributed by atoms with van der Waals surface area (Å²) in [6, 6.07) is 14.5. The lowest BCUT2D eigenvalue weighted by Gasteiger charge is -2.46. The molecule has 3 aromatic rings. The third-order valence-corrected chi connectivity index (χ3v) is 6.41. The number of para-hydroxylation sites is 2. The van der Waals surface area contributed by atoms with E-state index in [0.29, 0.717) is 25.5 Å². The third kappa shape index (κ3) is 2.94. The Kier molecular flexibility index (Phi) is 4.66. The maximum absolute atomic E-state index is 13.1. The summed E-state index contributed by atoms with van der Waals surface area (Å²) < 4.78 is 13.4. The summed E-state index contributed by atoms with van der Waals surface area (Å²) in [5.74, 6) is 1.21. The second kappa shape index (κ2) is 7.36. The fraction of sp³-hybridized carbons (Fsp3) is 0.375. The average molecular weight is 405 g/mol. The van der Waals surface area contributed by atoms with Crippen molar-refractivity contribution in [1.29, 1.82) is 0 Å². The molecule has 0 unspecified atom stereocenters. The van der Waals surface area contributed by atoms with Crippen LogP contribution < -0.4 is 5.32 Å². The Morgan fingerprint density at radius 2 is 2.00 bits per heavy atom.